The van der Waals surface area contributed by atoms with Crippen molar-refractivity contribution < 1.29 is 13.9 Å². The van der Waals surface area contributed by atoms with Gasteiger partial charge < -0.3 is 14.8 Å². The van der Waals surface area contributed by atoms with E-state index in [1.165, 1.54) is 17.2 Å². The quantitative estimate of drug-likeness (QED) is 0.462. The van der Waals surface area contributed by atoms with Gasteiger partial charge in [0.15, 0.2) is 11.5 Å². The largest absolute Gasteiger partial charge is 0.490 e. The molecule has 0 radical (unpaired) electrons. The van der Waals surface area contributed by atoms with Gasteiger partial charge in [-0.3, -0.25) is 0 Å². The topological polar surface area (TPSA) is 30.5 Å². The molecule has 3 aromatic carbocycles. The third kappa shape index (κ3) is 5.96. The second-order valence-electron chi connectivity index (χ2n) is 6.81. The van der Waals surface area contributed by atoms with Gasteiger partial charge in [-0.25, -0.2) is 4.39 Å². The minimum Gasteiger partial charge on any atom is -0.490 e. The van der Waals surface area contributed by atoms with Crippen molar-refractivity contribution in [2.24, 2.45) is 0 Å². The zero-order valence-corrected chi connectivity index (χ0v) is 17.4. The standard InChI is InChI=1S/C24H25ClFNO2/c1-3-28-23-13-19(15-27-14-18-10-8-17(2)9-11-18)12-21(25)24(23)29-16-20-6-4-5-7-22(20)26/h4-13,27H,3,14-16H2,1-2H3. The number of halogens is 2. The molecule has 0 aromatic heterocycles. The van der Waals surface area contributed by atoms with Crippen LogP contribution in [0.5, 0.6) is 11.5 Å². The minimum absolute atomic E-state index is 0.0808. The molecule has 3 nitrogen and oxygen atoms in total. The lowest BCUT2D eigenvalue weighted by Gasteiger charge is -2.16. The number of hydrogen-bond acceptors (Lipinski definition) is 3. The van der Waals surface area contributed by atoms with Crippen LogP contribution in [0.2, 0.25) is 5.02 Å². The fourth-order valence-electron chi connectivity index (χ4n) is 2.95. The van der Waals surface area contributed by atoms with E-state index in [0.717, 1.165) is 12.1 Å². The maximum absolute atomic E-state index is 13.9. The fraction of sp³-hybridized carbons (Fsp3) is 0.250. The Morgan fingerprint density at radius 2 is 1.66 bits per heavy atom. The second kappa shape index (κ2) is 10.3. The summed E-state index contributed by atoms with van der Waals surface area (Å²) in [5.74, 6) is 0.682. The monoisotopic (exact) mass is 413 g/mol. The number of aryl methyl sites for hydroxylation is 1. The van der Waals surface area contributed by atoms with E-state index < -0.39 is 0 Å². The smallest absolute Gasteiger partial charge is 0.180 e. The highest BCUT2D eigenvalue weighted by Gasteiger charge is 2.14. The van der Waals surface area contributed by atoms with E-state index in [1.54, 1.807) is 18.2 Å². The van der Waals surface area contributed by atoms with Crippen molar-refractivity contribution in [3.8, 4) is 11.5 Å². The fourth-order valence-corrected chi connectivity index (χ4v) is 3.24. The van der Waals surface area contributed by atoms with Crippen LogP contribution in [-0.4, -0.2) is 6.61 Å². The predicted octanol–water partition coefficient (Wildman–Crippen LogP) is 6.06. The summed E-state index contributed by atoms with van der Waals surface area (Å²) < 4.78 is 25.4. The van der Waals surface area contributed by atoms with Gasteiger partial charge in [0.2, 0.25) is 0 Å². The first-order chi connectivity index (χ1) is 14.1. The Bertz CT molecular complexity index is 944. The molecule has 1 N–H and O–H groups in total. The van der Waals surface area contributed by atoms with Crippen LogP contribution in [0.4, 0.5) is 4.39 Å². The Kier molecular flexibility index (Phi) is 7.50. The molecule has 0 saturated carbocycles. The Morgan fingerprint density at radius 1 is 0.931 bits per heavy atom. The number of ether oxygens (including phenoxy) is 2. The summed E-state index contributed by atoms with van der Waals surface area (Å²) in [6.07, 6.45) is 0. The van der Waals surface area contributed by atoms with E-state index in [-0.39, 0.29) is 12.4 Å². The van der Waals surface area contributed by atoms with Crippen molar-refractivity contribution in [3.63, 3.8) is 0 Å². The molecular formula is C24H25ClFNO2. The first-order valence-corrected chi connectivity index (χ1v) is 10.0. The van der Waals surface area contributed by atoms with Crippen molar-refractivity contribution in [2.45, 2.75) is 33.5 Å². The molecule has 3 aromatic rings. The highest BCUT2D eigenvalue weighted by molar-refractivity contribution is 6.32. The molecule has 0 atom stereocenters. The van der Waals surface area contributed by atoms with Gasteiger partial charge in [-0.15, -0.1) is 0 Å². The molecular weight excluding hydrogens is 389 g/mol. The molecule has 0 saturated heterocycles. The molecule has 0 fully saturated rings. The van der Waals surface area contributed by atoms with Gasteiger partial charge >= 0.3 is 0 Å². The third-order valence-corrected chi connectivity index (χ3v) is 4.76. The average Bonchev–Trinajstić information content (AvgIpc) is 2.70. The molecule has 0 spiro atoms. The molecule has 5 heteroatoms. The van der Waals surface area contributed by atoms with Crippen LogP contribution in [-0.2, 0) is 19.7 Å². The maximum atomic E-state index is 13.9. The lowest BCUT2D eigenvalue weighted by Crippen LogP contribution is -2.13. The van der Waals surface area contributed by atoms with Gasteiger partial charge in [-0.05, 0) is 43.2 Å². The third-order valence-electron chi connectivity index (χ3n) is 4.48. The van der Waals surface area contributed by atoms with E-state index in [9.17, 15) is 4.39 Å². The first kappa shape index (κ1) is 21.2. The molecule has 152 valence electrons. The summed E-state index contributed by atoms with van der Waals surface area (Å²) in [6.45, 7) is 5.93. The van der Waals surface area contributed by atoms with E-state index in [0.29, 0.717) is 35.2 Å². The Hall–Kier alpha value is -2.56. The van der Waals surface area contributed by atoms with Crippen LogP contribution in [0.15, 0.2) is 60.7 Å². The zero-order chi connectivity index (χ0) is 20.6. The second-order valence-corrected chi connectivity index (χ2v) is 7.21. The number of nitrogens with one attached hydrogen (secondary N) is 1. The van der Waals surface area contributed by atoms with Gasteiger partial charge in [0.1, 0.15) is 12.4 Å². The van der Waals surface area contributed by atoms with Crippen LogP contribution >= 0.6 is 11.6 Å². The van der Waals surface area contributed by atoms with Gasteiger partial charge in [-0.2, -0.15) is 0 Å². The summed E-state index contributed by atoms with van der Waals surface area (Å²) in [5, 5.41) is 3.86. The Morgan fingerprint density at radius 3 is 2.38 bits per heavy atom. The van der Waals surface area contributed by atoms with Gasteiger partial charge in [0.25, 0.3) is 0 Å². The molecule has 0 aliphatic rings. The van der Waals surface area contributed by atoms with Gasteiger partial charge in [0, 0.05) is 18.7 Å². The van der Waals surface area contributed by atoms with Crippen LogP contribution in [0.1, 0.15) is 29.2 Å². The molecule has 0 bridgehead atoms. The van der Waals surface area contributed by atoms with Crippen molar-refractivity contribution in [3.05, 3.63) is 93.8 Å². The molecule has 0 unspecified atom stereocenters. The lowest BCUT2D eigenvalue weighted by molar-refractivity contribution is 0.266. The van der Waals surface area contributed by atoms with Crippen molar-refractivity contribution in [1.82, 2.24) is 5.32 Å². The van der Waals surface area contributed by atoms with Gasteiger partial charge in [0.05, 0.1) is 11.6 Å². The normalized spacial score (nSPS) is 10.8. The van der Waals surface area contributed by atoms with Crippen molar-refractivity contribution in [1.29, 1.82) is 0 Å². The van der Waals surface area contributed by atoms with Gasteiger partial charge in [-0.1, -0.05) is 59.6 Å². The number of benzene rings is 3. The molecule has 29 heavy (non-hydrogen) atoms. The molecule has 0 heterocycles. The van der Waals surface area contributed by atoms with Crippen LogP contribution < -0.4 is 14.8 Å². The SMILES string of the molecule is CCOc1cc(CNCc2ccc(C)cc2)cc(Cl)c1OCc1ccccc1F. The number of hydrogen-bond donors (Lipinski definition) is 1. The van der Waals surface area contributed by atoms with Crippen LogP contribution in [0, 0.1) is 12.7 Å². The van der Waals surface area contributed by atoms with Crippen molar-refractivity contribution >= 4 is 11.6 Å². The molecule has 0 aliphatic carbocycles. The van der Waals surface area contributed by atoms with Crippen molar-refractivity contribution in [2.75, 3.05) is 6.61 Å². The van der Waals surface area contributed by atoms with E-state index >= 15 is 0 Å². The highest BCUT2D eigenvalue weighted by atomic mass is 35.5. The first-order valence-electron chi connectivity index (χ1n) is 9.64. The highest BCUT2D eigenvalue weighted by Crippen LogP contribution is 2.37. The van der Waals surface area contributed by atoms with E-state index in [4.69, 9.17) is 21.1 Å². The Labute approximate surface area is 176 Å². The van der Waals surface area contributed by atoms with Crippen LogP contribution in [0.3, 0.4) is 0 Å². The van der Waals surface area contributed by atoms with Crippen LogP contribution in [0.25, 0.3) is 0 Å². The summed E-state index contributed by atoms with van der Waals surface area (Å²) in [4.78, 5) is 0. The van der Waals surface area contributed by atoms with E-state index in [1.807, 2.05) is 19.1 Å². The Balaban J connectivity index is 1.68. The molecule has 0 amide bonds. The number of rotatable bonds is 9. The molecule has 0 aliphatic heterocycles. The zero-order valence-electron chi connectivity index (χ0n) is 16.7. The average molecular weight is 414 g/mol. The summed E-state index contributed by atoms with van der Waals surface area (Å²) >= 11 is 6.46. The van der Waals surface area contributed by atoms with E-state index in [2.05, 4.69) is 36.5 Å². The minimum atomic E-state index is -0.307. The molecule has 3 rings (SSSR count). The predicted molar refractivity (Wildman–Crippen MR) is 115 cm³/mol. The summed E-state index contributed by atoms with van der Waals surface area (Å²) in [5.41, 5.74) is 3.92. The lowest BCUT2D eigenvalue weighted by atomic mass is 10.1. The summed E-state index contributed by atoms with van der Waals surface area (Å²) in [6, 6.07) is 18.7. The summed E-state index contributed by atoms with van der Waals surface area (Å²) in [7, 11) is 0. The maximum Gasteiger partial charge on any atom is 0.180 e.